The first-order valence-electron chi connectivity index (χ1n) is 34.0. The van der Waals surface area contributed by atoms with E-state index in [0.717, 1.165) is 103 Å². The molecule has 0 aromatic rings. The molecule has 472 valence electrons. The molecular weight excluding hydrogens is 1020 g/mol. The molecule has 0 amide bonds. The lowest BCUT2D eigenvalue weighted by molar-refractivity contribution is -0.301. The van der Waals surface area contributed by atoms with Gasteiger partial charge in [0.05, 0.1) is 6.61 Å². The molecule has 3 N–H and O–H groups in total. The molecule has 6 atom stereocenters. The summed E-state index contributed by atoms with van der Waals surface area (Å²) in [5.41, 5.74) is 0. The van der Waals surface area contributed by atoms with E-state index in [0.29, 0.717) is 19.3 Å². The van der Waals surface area contributed by atoms with E-state index in [2.05, 4.69) is 57.2 Å². The average Bonchev–Trinajstić information content (AvgIpc) is 3.53. The Hall–Kier alpha value is -3.06. The van der Waals surface area contributed by atoms with Gasteiger partial charge in [-0.15, -0.1) is 0 Å². The minimum atomic E-state index is -1.90. The van der Waals surface area contributed by atoms with E-state index < -0.39 is 67.3 Å². The Kier molecular flexibility index (Phi) is 53.8. The summed E-state index contributed by atoms with van der Waals surface area (Å²) in [6.45, 7) is 5.95. The zero-order valence-electron chi connectivity index (χ0n) is 52.3. The summed E-state index contributed by atoms with van der Waals surface area (Å²) in [5, 5.41) is 31.6. The molecule has 6 unspecified atom stereocenters. The summed E-state index contributed by atoms with van der Waals surface area (Å²) in [6, 6.07) is 0. The zero-order valence-corrected chi connectivity index (χ0v) is 52.3. The van der Waals surface area contributed by atoms with Gasteiger partial charge in [-0.3, -0.25) is 14.4 Å². The second kappa shape index (κ2) is 57.4. The molecule has 1 saturated heterocycles. The molecule has 1 fully saturated rings. The minimum absolute atomic E-state index is 0.0531. The van der Waals surface area contributed by atoms with E-state index >= 15 is 0 Å². The van der Waals surface area contributed by atoms with Gasteiger partial charge in [0.1, 0.15) is 18.8 Å². The Morgan fingerprint density at radius 3 is 1.19 bits per heavy atom. The van der Waals surface area contributed by atoms with Gasteiger partial charge in [-0.2, -0.15) is 0 Å². The fourth-order valence-electron chi connectivity index (χ4n) is 10.6. The number of carbonyl (C=O) groups is 4. The highest BCUT2D eigenvalue weighted by molar-refractivity contribution is 5.74. The molecular formula is C69H124O12. The maximum absolute atomic E-state index is 13.2. The molecule has 0 aliphatic carbocycles. The zero-order chi connectivity index (χ0) is 58.9. The first-order valence-corrected chi connectivity index (χ1v) is 34.0. The maximum atomic E-state index is 13.2. The van der Waals surface area contributed by atoms with Crippen molar-refractivity contribution in [2.24, 2.45) is 0 Å². The normalized spacial score (nSPS) is 17.9. The van der Waals surface area contributed by atoms with Crippen molar-refractivity contribution in [3.63, 3.8) is 0 Å². The molecule has 1 aliphatic rings. The average molecular weight is 1150 g/mol. The Bertz CT molecular complexity index is 1550. The van der Waals surface area contributed by atoms with E-state index in [1.807, 2.05) is 0 Å². The number of rotatable bonds is 59. The molecule has 1 rings (SSSR count). The summed E-state index contributed by atoms with van der Waals surface area (Å²) >= 11 is 0. The highest BCUT2D eigenvalue weighted by Gasteiger charge is 2.50. The smallest absolute Gasteiger partial charge is 0.335 e. The molecule has 0 radical (unpaired) electrons. The van der Waals surface area contributed by atoms with Crippen LogP contribution in [0.5, 0.6) is 0 Å². The van der Waals surface area contributed by atoms with E-state index in [1.54, 1.807) is 0 Å². The van der Waals surface area contributed by atoms with E-state index in [1.165, 1.54) is 167 Å². The first-order chi connectivity index (χ1) is 39.6. The van der Waals surface area contributed by atoms with Gasteiger partial charge in [-0.1, -0.05) is 295 Å². The van der Waals surface area contributed by atoms with Crippen LogP contribution in [0.15, 0.2) is 36.5 Å². The van der Waals surface area contributed by atoms with Crippen LogP contribution in [-0.4, -0.2) is 89.2 Å². The molecule has 1 aliphatic heterocycles. The summed E-state index contributed by atoms with van der Waals surface area (Å²) in [5.74, 6) is -3.09. The number of allylic oxidation sites excluding steroid dienone is 6. The lowest BCUT2D eigenvalue weighted by atomic mass is 9.98. The van der Waals surface area contributed by atoms with E-state index in [-0.39, 0.29) is 25.9 Å². The predicted octanol–water partition coefficient (Wildman–Crippen LogP) is 18.4. The third kappa shape index (κ3) is 46.9. The van der Waals surface area contributed by atoms with Crippen molar-refractivity contribution < 1.29 is 58.2 Å². The van der Waals surface area contributed by atoms with Gasteiger partial charge in [-0.05, 0) is 51.4 Å². The number of aliphatic carboxylic acids is 1. The Morgan fingerprint density at radius 1 is 0.420 bits per heavy atom. The van der Waals surface area contributed by atoms with Gasteiger partial charge in [0.15, 0.2) is 24.6 Å². The highest BCUT2D eigenvalue weighted by atomic mass is 16.7. The van der Waals surface area contributed by atoms with Gasteiger partial charge in [0.2, 0.25) is 0 Å². The molecule has 0 spiro atoms. The van der Waals surface area contributed by atoms with Gasteiger partial charge < -0.3 is 39.0 Å². The third-order valence-corrected chi connectivity index (χ3v) is 15.7. The number of unbranched alkanes of at least 4 members (excludes halogenated alkanes) is 39. The van der Waals surface area contributed by atoms with Crippen LogP contribution in [-0.2, 0) is 42.9 Å². The number of aliphatic hydroxyl groups is 2. The largest absolute Gasteiger partial charge is 0.479 e. The summed E-state index contributed by atoms with van der Waals surface area (Å²) < 4.78 is 28.6. The number of aliphatic hydroxyl groups excluding tert-OH is 2. The number of hydrogen-bond acceptors (Lipinski definition) is 11. The SMILES string of the molecule is CC/C=C\C/C=C\C/C=C\CCCCCCCCCC(=O)OC1C(OCC(COC(=O)CCCCCCCCCCCCCCCCCCCCC)OC(=O)CCCCCCCCCCCCCCCCC)OC(C(=O)O)C(O)C1O. The van der Waals surface area contributed by atoms with Crippen molar-refractivity contribution in [1.29, 1.82) is 0 Å². The van der Waals surface area contributed by atoms with Crippen LogP contribution in [0.2, 0.25) is 0 Å². The second-order valence-electron chi connectivity index (χ2n) is 23.4. The second-order valence-corrected chi connectivity index (χ2v) is 23.4. The fourth-order valence-corrected chi connectivity index (χ4v) is 10.6. The topological polar surface area (TPSA) is 175 Å². The van der Waals surface area contributed by atoms with Crippen molar-refractivity contribution >= 4 is 23.9 Å². The van der Waals surface area contributed by atoms with Crippen molar-refractivity contribution in [2.45, 2.75) is 366 Å². The fraction of sp³-hybridized carbons (Fsp3) is 0.855. The number of esters is 3. The molecule has 0 aromatic carbocycles. The Balaban J connectivity index is 2.62. The summed E-state index contributed by atoms with van der Waals surface area (Å²) in [4.78, 5) is 51.4. The third-order valence-electron chi connectivity index (χ3n) is 15.7. The monoisotopic (exact) mass is 1140 g/mol. The molecule has 81 heavy (non-hydrogen) atoms. The number of carbonyl (C=O) groups excluding carboxylic acids is 3. The summed E-state index contributed by atoms with van der Waals surface area (Å²) in [7, 11) is 0. The quantitative estimate of drug-likeness (QED) is 0.0228. The molecule has 0 saturated carbocycles. The number of ether oxygens (including phenoxy) is 5. The number of carboxylic acids is 1. The standard InChI is InChI=1S/C69H124O12/c1-4-7-10-13-16-19-22-25-28-30-31-33-35-37-40-43-46-49-52-55-61(70)77-58-60(79-62(71)56-53-50-47-44-41-38-34-27-24-21-18-15-12-9-6-3)59-78-69-67(65(74)64(73)66(81-69)68(75)76)80-63(72)57-54-51-48-45-42-39-36-32-29-26-23-20-17-14-11-8-5-2/h8,11,17,20,26,29,60,64-67,69,73-74H,4-7,9-10,12-16,18-19,21-25,27-28,30-59H2,1-3H3,(H,75,76)/b11-8-,20-17-,29-26-. The summed E-state index contributed by atoms with van der Waals surface area (Å²) in [6.07, 6.45) is 56.7. The number of carboxylic acid groups (broad SMARTS) is 1. The lowest BCUT2D eigenvalue weighted by Gasteiger charge is -2.40. The van der Waals surface area contributed by atoms with Crippen molar-refractivity contribution in [1.82, 2.24) is 0 Å². The van der Waals surface area contributed by atoms with Crippen LogP contribution >= 0.6 is 0 Å². The molecule has 1 heterocycles. The lowest BCUT2D eigenvalue weighted by Crippen LogP contribution is -2.61. The minimum Gasteiger partial charge on any atom is -0.479 e. The van der Waals surface area contributed by atoms with Gasteiger partial charge >= 0.3 is 23.9 Å². The maximum Gasteiger partial charge on any atom is 0.335 e. The predicted molar refractivity (Wildman–Crippen MR) is 331 cm³/mol. The molecule has 12 heteroatoms. The van der Waals surface area contributed by atoms with Gasteiger partial charge in [-0.25, -0.2) is 4.79 Å². The van der Waals surface area contributed by atoms with Crippen molar-refractivity contribution in [2.75, 3.05) is 13.2 Å². The van der Waals surface area contributed by atoms with Crippen LogP contribution in [0.25, 0.3) is 0 Å². The van der Waals surface area contributed by atoms with Crippen molar-refractivity contribution in [3.8, 4) is 0 Å². The van der Waals surface area contributed by atoms with Crippen LogP contribution in [0.4, 0.5) is 0 Å². The van der Waals surface area contributed by atoms with Gasteiger partial charge in [0.25, 0.3) is 0 Å². The highest BCUT2D eigenvalue weighted by Crippen LogP contribution is 2.27. The Labute approximate surface area is 495 Å². The van der Waals surface area contributed by atoms with Crippen LogP contribution in [0.3, 0.4) is 0 Å². The van der Waals surface area contributed by atoms with Crippen molar-refractivity contribution in [3.05, 3.63) is 36.5 Å². The van der Waals surface area contributed by atoms with Crippen LogP contribution < -0.4 is 0 Å². The molecule has 0 aromatic heterocycles. The molecule has 12 nitrogen and oxygen atoms in total. The number of hydrogen-bond donors (Lipinski definition) is 3. The van der Waals surface area contributed by atoms with E-state index in [9.17, 15) is 34.5 Å². The van der Waals surface area contributed by atoms with Crippen LogP contribution in [0.1, 0.15) is 329 Å². The van der Waals surface area contributed by atoms with E-state index in [4.69, 9.17) is 23.7 Å². The molecule has 0 bridgehead atoms. The Morgan fingerprint density at radius 2 is 0.778 bits per heavy atom. The van der Waals surface area contributed by atoms with Crippen LogP contribution in [0, 0.1) is 0 Å². The first kappa shape index (κ1) is 76.0. The van der Waals surface area contributed by atoms with Gasteiger partial charge in [0, 0.05) is 19.3 Å².